The maximum Gasteiger partial charge on any atom is 0.246 e. The molecule has 4 fully saturated rings. The third-order valence-electron chi connectivity index (χ3n) is 4.69. The average molecular weight is 249 g/mol. The Morgan fingerprint density at radius 2 is 2.00 bits per heavy atom. The fraction of sp³-hybridized carbons (Fsp3) is 0.833. The van der Waals surface area contributed by atoms with Crippen LogP contribution in [-0.2, 0) is 5.54 Å². The summed E-state index contributed by atoms with van der Waals surface area (Å²) in [5, 5.41) is 4.17. The summed E-state index contributed by atoms with van der Waals surface area (Å²) in [7, 11) is 0. The van der Waals surface area contributed by atoms with E-state index >= 15 is 0 Å². The summed E-state index contributed by atoms with van der Waals surface area (Å²) in [6.45, 7) is 5.59. The Kier molecular flexibility index (Phi) is 2.27. The van der Waals surface area contributed by atoms with E-state index in [1.165, 1.54) is 13.1 Å². The number of rotatable bonds is 2. The van der Waals surface area contributed by atoms with E-state index in [0.717, 1.165) is 44.7 Å². The minimum atomic E-state index is -0.339. The van der Waals surface area contributed by atoms with E-state index in [0.29, 0.717) is 11.9 Å². The van der Waals surface area contributed by atoms with Gasteiger partial charge < -0.3 is 10.3 Å². The van der Waals surface area contributed by atoms with Crippen LogP contribution in [0.4, 0.5) is 0 Å². The average Bonchev–Trinajstić information content (AvgIpc) is 2.87. The van der Waals surface area contributed by atoms with Crippen molar-refractivity contribution in [1.29, 1.82) is 0 Å². The molecule has 1 aromatic rings. The Morgan fingerprint density at radius 3 is 2.56 bits per heavy atom. The predicted octanol–water partition coefficient (Wildman–Crippen LogP) is 0.0798. The van der Waals surface area contributed by atoms with E-state index in [9.17, 15) is 0 Å². The van der Waals surface area contributed by atoms with Gasteiger partial charge in [-0.1, -0.05) is 5.16 Å². The van der Waals surface area contributed by atoms with E-state index in [1.807, 2.05) is 0 Å². The van der Waals surface area contributed by atoms with E-state index in [2.05, 4.69) is 19.9 Å². The Bertz CT molecular complexity index is 447. The third kappa shape index (κ3) is 1.52. The molecule has 0 radical (unpaired) electrons. The second-order valence-corrected chi connectivity index (χ2v) is 5.82. The van der Waals surface area contributed by atoms with Crippen LogP contribution >= 0.6 is 0 Å². The minimum absolute atomic E-state index is 0.300. The molecule has 4 aliphatic rings. The number of piperazine rings is 3. The lowest BCUT2D eigenvalue weighted by atomic mass is 9.78. The molecule has 2 bridgehead atoms. The van der Waals surface area contributed by atoms with E-state index in [-0.39, 0.29) is 5.54 Å². The maximum absolute atomic E-state index is 6.22. The van der Waals surface area contributed by atoms with E-state index in [4.69, 9.17) is 10.3 Å². The summed E-state index contributed by atoms with van der Waals surface area (Å²) >= 11 is 0. The summed E-state index contributed by atoms with van der Waals surface area (Å²) in [4.78, 5) is 9.51. The van der Waals surface area contributed by atoms with Gasteiger partial charge in [0.25, 0.3) is 0 Å². The number of nitrogens with two attached hydrogens (primary N) is 1. The van der Waals surface area contributed by atoms with Crippen molar-refractivity contribution in [2.45, 2.75) is 30.8 Å². The van der Waals surface area contributed by atoms with Crippen molar-refractivity contribution in [1.82, 2.24) is 19.9 Å². The largest absolute Gasteiger partial charge is 0.337 e. The topological polar surface area (TPSA) is 71.4 Å². The van der Waals surface area contributed by atoms with Crippen molar-refractivity contribution < 1.29 is 4.52 Å². The molecule has 2 N–H and O–H groups in total. The van der Waals surface area contributed by atoms with Gasteiger partial charge in [-0.05, 0) is 19.3 Å². The Balaban J connectivity index is 1.58. The Hall–Kier alpha value is -0.980. The predicted molar refractivity (Wildman–Crippen MR) is 64.8 cm³/mol. The van der Waals surface area contributed by atoms with Crippen LogP contribution in [-0.4, -0.2) is 52.7 Å². The van der Waals surface area contributed by atoms with Crippen LogP contribution in [0.1, 0.15) is 37.0 Å². The van der Waals surface area contributed by atoms with Crippen molar-refractivity contribution in [2.24, 2.45) is 5.73 Å². The van der Waals surface area contributed by atoms with Gasteiger partial charge in [-0.3, -0.25) is 9.80 Å². The molecule has 0 aromatic carbocycles. The molecule has 1 aliphatic carbocycles. The molecule has 3 aliphatic heterocycles. The summed E-state index contributed by atoms with van der Waals surface area (Å²) in [6.07, 6.45) is 3.10. The van der Waals surface area contributed by atoms with Gasteiger partial charge in [0, 0.05) is 32.7 Å². The van der Waals surface area contributed by atoms with Crippen molar-refractivity contribution in [2.75, 3.05) is 32.7 Å². The zero-order valence-electron chi connectivity index (χ0n) is 10.5. The highest BCUT2D eigenvalue weighted by Crippen LogP contribution is 2.38. The number of nitrogens with zero attached hydrogens (tertiary/aromatic N) is 4. The smallest absolute Gasteiger partial charge is 0.246 e. The van der Waals surface area contributed by atoms with Gasteiger partial charge in [0.15, 0.2) is 5.82 Å². The highest BCUT2D eigenvalue weighted by Gasteiger charge is 2.42. The first-order valence-corrected chi connectivity index (χ1v) is 6.84. The lowest BCUT2D eigenvalue weighted by molar-refractivity contribution is 0.00780. The summed E-state index contributed by atoms with van der Waals surface area (Å²) in [5.41, 5.74) is 5.88. The van der Waals surface area contributed by atoms with Crippen LogP contribution in [0, 0.1) is 0 Å². The fourth-order valence-corrected chi connectivity index (χ4v) is 3.21. The van der Waals surface area contributed by atoms with Crippen LogP contribution < -0.4 is 5.73 Å². The van der Waals surface area contributed by atoms with Crippen molar-refractivity contribution in [3.63, 3.8) is 0 Å². The van der Waals surface area contributed by atoms with Gasteiger partial charge in [-0.15, -0.1) is 0 Å². The van der Waals surface area contributed by atoms with Gasteiger partial charge in [0.1, 0.15) is 0 Å². The molecule has 98 valence electrons. The van der Waals surface area contributed by atoms with Crippen molar-refractivity contribution in [3.8, 4) is 0 Å². The Morgan fingerprint density at radius 1 is 1.22 bits per heavy atom. The first-order chi connectivity index (χ1) is 8.74. The Labute approximate surface area is 106 Å². The SMILES string of the molecule is NC1(c2nc(C3CN4CCN3CC4)no2)CCC1. The molecule has 4 heterocycles. The molecule has 0 amide bonds. The van der Waals surface area contributed by atoms with Crippen LogP contribution in [0.2, 0.25) is 0 Å². The molecular formula is C12H19N5O. The maximum atomic E-state index is 6.22. The lowest BCUT2D eigenvalue weighted by Gasteiger charge is -2.46. The summed E-state index contributed by atoms with van der Waals surface area (Å²) in [5.74, 6) is 1.47. The zero-order chi connectivity index (χ0) is 12.2. The van der Waals surface area contributed by atoms with Gasteiger partial charge >= 0.3 is 0 Å². The lowest BCUT2D eigenvalue weighted by Crippen LogP contribution is -2.57. The van der Waals surface area contributed by atoms with Gasteiger partial charge in [0.05, 0.1) is 11.6 Å². The molecular weight excluding hydrogens is 230 g/mol. The second-order valence-electron chi connectivity index (χ2n) is 5.82. The molecule has 18 heavy (non-hydrogen) atoms. The molecule has 0 spiro atoms. The molecule has 1 aromatic heterocycles. The van der Waals surface area contributed by atoms with Crippen molar-refractivity contribution >= 4 is 0 Å². The standard InChI is InChI=1S/C12H19N5O/c13-12(2-1-3-12)11-14-10(15-18-11)9-8-16-4-6-17(9)7-5-16/h9H,1-8,13H2. The zero-order valence-corrected chi connectivity index (χ0v) is 10.5. The minimum Gasteiger partial charge on any atom is -0.337 e. The van der Waals surface area contributed by atoms with Crippen LogP contribution in [0.25, 0.3) is 0 Å². The third-order valence-corrected chi connectivity index (χ3v) is 4.69. The van der Waals surface area contributed by atoms with E-state index < -0.39 is 0 Å². The number of fused-ring (bicyclic) bond motifs is 3. The van der Waals surface area contributed by atoms with Gasteiger partial charge in [0.2, 0.25) is 5.89 Å². The number of aromatic nitrogens is 2. The molecule has 1 saturated carbocycles. The molecule has 1 unspecified atom stereocenters. The van der Waals surface area contributed by atoms with Crippen LogP contribution in [0.5, 0.6) is 0 Å². The number of hydrogen-bond donors (Lipinski definition) is 1. The fourth-order valence-electron chi connectivity index (χ4n) is 3.21. The summed E-state index contributed by atoms with van der Waals surface area (Å²) in [6, 6.07) is 0.300. The van der Waals surface area contributed by atoms with Gasteiger partial charge in [-0.2, -0.15) is 4.98 Å². The van der Waals surface area contributed by atoms with Crippen molar-refractivity contribution in [3.05, 3.63) is 11.7 Å². The highest BCUT2D eigenvalue weighted by atomic mass is 16.5. The van der Waals surface area contributed by atoms with Gasteiger partial charge in [-0.25, -0.2) is 0 Å². The molecule has 3 saturated heterocycles. The molecule has 6 nitrogen and oxygen atoms in total. The quantitative estimate of drug-likeness (QED) is 0.800. The second kappa shape index (κ2) is 3.76. The van der Waals surface area contributed by atoms with E-state index in [1.54, 1.807) is 0 Å². The molecule has 1 atom stereocenters. The molecule has 6 heteroatoms. The highest BCUT2D eigenvalue weighted by molar-refractivity contribution is 5.09. The first kappa shape index (κ1) is 10.9. The van der Waals surface area contributed by atoms with Crippen LogP contribution in [0.15, 0.2) is 4.52 Å². The van der Waals surface area contributed by atoms with Crippen LogP contribution in [0.3, 0.4) is 0 Å². The first-order valence-electron chi connectivity index (χ1n) is 6.84. The summed E-state index contributed by atoms with van der Waals surface area (Å²) < 4.78 is 5.40. The monoisotopic (exact) mass is 249 g/mol. The normalized spacial score (nSPS) is 37.5. The molecule has 5 rings (SSSR count). The number of hydrogen-bond acceptors (Lipinski definition) is 6.